The van der Waals surface area contributed by atoms with Gasteiger partial charge in [0.1, 0.15) is 6.61 Å². The third-order valence-electron chi connectivity index (χ3n) is 8.35. The first-order valence-electron chi connectivity index (χ1n) is 20.0. The van der Waals surface area contributed by atoms with E-state index in [1.165, 1.54) is 0 Å². The van der Waals surface area contributed by atoms with Crippen LogP contribution < -0.4 is 0 Å². The molecular formula is C44H74NO7+. The van der Waals surface area contributed by atoms with E-state index in [9.17, 15) is 19.5 Å². The summed E-state index contributed by atoms with van der Waals surface area (Å²) >= 11 is 0. The molecule has 0 aliphatic carbocycles. The second-order valence-electron chi connectivity index (χ2n) is 14.1. The Morgan fingerprint density at radius 1 is 0.577 bits per heavy atom. The Bertz CT molecular complexity index is 1080. The molecule has 0 aliphatic rings. The smallest absolute Gasteiger partial charge is 0.362 e. The van der Waals surface area contributed by atoms with Gasteiger partial charge in [-0.05, 0) is 77.0 Å². The average molecular weight is 729 g/mol. The molecule has 2 atom stereocenters. The van der Waals surface area contributed by atoms with Crippen LogP contribution >= 0.6 is 0 Å². The van der Waals surface area contributed by atoms with Gasteiger partial charge in [0.2, 0.25) is 0 Å². The molecule has 0 rings (SSSR count). The number of rotatable bonds is 34. The number of carbonyl (C=O) groups excluding carboxylic acids is 2. The summed E-state index contributed by atoms with van der Waals surface area (Å²) in [6.45, 7) is 4.43. The molecular weight excluding hydrogens is 654 g/mol. The van der Waals surface area contributed by atoms with E-state index in [0.29, 0.717) is 12.8 Å². The zero-order valence-electron chi connectivity index (χ0n) is 33.5. The number of nitrogens with zero attached hydrogens (tertiary/aromatic N) is 1. The summed E-state index contributed by atoms with van der Waals surface area (Å²) in [6, 6.07) is -0.625. The highest BCUT2D eigenvalue weighted by Crippen LogP contribution is 2.12. The van der Waals surface area contributed by atoms with Crippen molar-refractivity contribution in [3.05, 3.63) is 72.9 Å². The van der Waals surface area contributed by atoms with Crippen molar-refractivity contribution in [2.24, 2.45) is 0 Å². The average Bonchev–Trinajstić information content (AvgIpc) is 3.09. The highest BCUT2D eigenvalue weighted by atomic mass is 16.6. The highest BCUT2D eigenvalue weighted by molar-refractivity contribution is 5.72. The lowest BCUT2D eigenvalue weighted by molar-refractivity contribution is -0.887. The normalized spacial score (nSPS) is 13.8. The van der Waals surface area contributed by atoms with Gasteiger partial charge in [-0.3, -0.25) is 9.59 Å². The summed E-state index contributed by atoms with van der Waals surface area (Å²) in [4.78, 5) is 36.8. The van der Waals surface area contributed by atoms with Crippen molar-refractivity contribution in [1.82, 2.24) is 0 Å². The van der Waals surface area contributed by atoms with E-state index in [1.54, 1.807) is 0 Å². The van der Waals surface area contributed by atoms with E-state index >= 15 is 0 Å². The van der Waals surface area contributed by atoms with E-state index in [0.717, 1.165) is 103 Å². The van der Waals surface area contributed by atoms with E-state index in [4.69, 9.17) is 14.2 Å². The van der Waals surface area contributed by atoms with Gasteiger partial charge >= 0.3 is 17.9 Å². The number of likely N-dealkylation sites (N-methyl/N-ethyl adjacent to an activating group) is 1. The number of hydrogen-bond donors (Lipinski definition) is 1. The Hall–Kier alpha value is -3.23. The molecule has 0 radical (unpaired) electrons. The van der Waals surface area contributed by atoms with Crippen LogP contribution in [0.4, 0.5) is 0 Å². The molecule has 52 heavy (non-hydrogen) atoms. The number of carboxylic acid groups (broad SMARTS) is 1. The highest BCUT2D eigenvalue weighted by Gasteiger charge is 2.31. The number of carbonyl (C=O) groups is 3. The van der Waals surface area contributed by atoms with Crippen LogP contribution in [0.15, 0.2) is 72.9 Å². The lowest BCUT2D eigenvalue weighted by atomic mass is 10.1. The van der Waals surface area contributed by atoms with Gasteiger partial charge in [0.15, 0.2) is 12.1 Å². The third-order valence-corrected chi connectivity index (χ3v) is 8.35. The molecule has 0 fully saturated rings. The first-order valence-corrected chi connectivity index (χ1v) is 20.0. The second-order valence-corrected chi connectivity index (χ2v) is 14.1. The first-order chi connectivity index (χ1) is 25.1. The summed E-state index contributed by atoms with van der Waals surface area (Å²) in [5.41, 5.74) is 0. The quantitative estimate of drug-likeness (QED) is 0.0305. The minimum Gasteiger partial charge on any atom is -0.477 e. The van der Waals surface area contributed by atoms with Crippen molar-refractivity contribution in [3.63, 3.8) is 0 Å². The fourth-order valence-electron chi connectivity index (χ4n) is 5.29. The van der Waals surface area contributed by atoms with Crippen LogP contribution in [0.5, 0.6) is 0 Å². The molecule has 8 nitrogen and oxygen atoms in total. The number of esters is 2. The Kier molecular flexibility index (Phi) is 32.7. The van der Waals surface area contributed by atoms with E-state index in [-0.39, 0.29) is 42.7 Å². The summed E-state index contributed by atoms with van der Waals surface area (Å²) in [6.07, 6.45) is 42.3. The molecule has 8 heteroatoms. The maximum Gasteiger partial charge on any atom is 0.362 e. The van der Waals surface area contributed by atoms with Crippen LogP contribution in [-0.2, 0) is 28.6 Å². The molecule has 0 heterocycles. The molecule has 0 saturated carbocycles. The van der Waals surface area contributed by atoms with Gasteiger partial charge in [-0.2, -0.15) is 0 Å². The summed E-state index contributed by atoms with van der Waals surface area (Å²) < 4.78 is 17.2. The molecule has 1 N–H and O–H groups in total. The number of aliphatic carboxylic acids is 1. The molecule has 0 bridgehead atoms. The number of ether oxygens (including phenoxy) is 3. The Morgan fingerprint density at radius 3 is 1.52 bits per heavy atom. The van der Waals surface area contributed by atoms with Crippen LogP contribution in [0.1, 0.15) is 136 Å². The van der Waals surface area contributed by atoms with Crippen LogP contribution in [0.25, 0.3) is 0 Å². The van der Waals surface area contributed by atoms with Crippen molar-refractivity contribution in [1.29, 1.82) is 0 Å². The van der Waals surface area contributed by atoms with Crippen molar-refractivity contribution >= 4 is 17.9 Å². The van der Waals surface area contributed by atoms with Crippen molar-refractivity contribution in [2.45, 2.75) is 148 Å². The molecule has 0 spiro atoms. The standard InChI is InChI=1S/C44H73NO7/c1-6-8-10-12-14-16-18-20-21-22-23-25-27-29-31-33-35-43(47)52-40(38-50-37-36-41(44(48)49)45(3,4)5)39-51-42(46)34-32-30-28-26-24-19-17-15-13-11-9-7-2/h8-11,14-17,20-21,23,25,40-41H,6-7,12-13,18-19,22,24,26-39H2,1-5H3/p+1/b10-8+,11-9+,16-14+,17-15+,21-20+,25-23+. The van der Waals surface area contributed by atoms with Gasteiger partial charge in [-0.25, -0.2) is 4.79 Å². The molecule has 0 aromatic rings. The zero-order valence-corrected chi connectivity index (χ0v) is 33.5. The van der Waals surface area contributed by atoms with Crippen LogP contribution in [0.3, 0.4) is 0 Å². The largest absolute Gasteiger partial charge is 0.477 e. The van der Waals surface area contributed by atoms with E-state index in [1.807, 2.05) is 21.1 Å². The maximum absolute atomic E-state index is 12.7. The maximum atomic E-state index is 12.7. The first kappa shape index (κ1) is 48.8. The van der Waals surface area contributed by atoms with Gasteiger partial charge in [0.25, 0.3) is 0 Å². The topological polar surface area (TPSA) is 99.1 Å². The van der Waals surface area contributed by atoms with Gasteiger partial charge in [-0.1, -0.05) is 112 Å². The van der Waals surface area contributed by atoms with Gasteiger partial charge in [-0.15, -0.1) is 0 Å². The minimum atomic E-state index is -0.887. The Balaban J connectivity index is 4.50. The molecule has 0 aromatic carbocycles. The number of hydrogen-bond acceptors (Lipinski definition) is 6. The second kappa shape index (κ2) is 34.8. The molecule has 296 valence electrons. The monoisotopic (exact) mass is 729 g/mol. The SMILES string of the molecule is CC/C=C/C/C=C/C/C=C/C/C=C/CCCCCC(=O)OC(COCCC(C(=O)O)[N+](C)(C)C)COC(=O)CCCCCCC/C=C/C/C=C/CC. The van der Waals surface area contributed by atoms with Gasteiger partial charge in [0.05, 0.1) is 34.4 Å². The van der Waals surface area contributed by atoms with Gasteiger partial charge in [0, 0.05) is 19.3 Å². The van der Waals surface area contributed by atoms with Crippen molar-refractivity contribution in [3.8, 4) is 0 Å². The fraction of sp³-hybridized carbons (Fsp3) is 0.659. The summed E-state index contributed by atoms with van der Waals surface area (Å²) in [7, 11) is 5.49. The molecule has 2 unspecified atom stereocenters. The predicted octanol–water partition coefficient (Wildman–Crippen LogP) is 10.4. The Morgan fingerprint density at radius 2 is 1.02 bits per heavy atom. The number of carboxylic acids is 1. The molecule has 0 saturated heterocycles. The number of quaternary nitrogens is 1. The number of unbranched alkanes of at least 4 members (excludes halogenated alkanes) is 8. The number of allylic oxidation sites excluding steroid dienone is 12. The van der Waals surface area contributed by atoms with Crippen LogP contribution in [-0.4, -0.2) is 80.6 Å². The third kappa shape index (κ3) is 32.7. The molecule has 0 amide bonds. The molecule has 0 aliphatic heterocycles. The van der Waals surface area contributed by atoms with E-state index < -0.39 is 18.1 Å². The molecule has 0 aromatic heterocycles. The van der Waals surface area contributed by atoms with Crippen LogP contribution in [0.2, 0.25) is 0 Å². The predicted molar refractivity (Wildman–Crippen MR) is 215 cm³/mol. The minimum absolute atomic E-state index is 0.0394. The zero-order chi connectivity index (χ0) is 38.5. The summed E-state index contributed by atoms with van der Waals surface area (Å²) in [5, 5.41) is 9.59. The van der Waals surface area contributed by atoms with Gasteiger partial charge < -0.3 is 23.8 Å². The van der Waals surface area contributed by atoms with Crippen molar-refractivity contribution in [2.75, 3.05) is 41.0 Å². The fourth-order valence-corrected chi connectivity index (χ4v) is 5.29. The van der Waals surface area contributed by atoms with Crippen molar-refractivity contribution < 1.29 is 38.2 Å². The lowest BCUT2D eigenvalue weighted by Crippen LogP contribution is -2.50. The van der Waals surface area contributed by atoms with E-state index in [2.05, 4.69) is 86.8 Å². The Labute approximate surface area is 317 Å². The van der Waals surface area contributed by atoms with Crippen LogP contribution in [0, 0.1) is 0 Å². The lowest BCUT2D eigenvalue weighted by Gasteiger charge is -2.31. The summed E-state index contributed by atoms with van der Waals surface area (Å²) in [5.74, 6) is -1.54.